The molecule has 0 unspecified atom stereocenters. The fourth-order valence-electron chi connectivity index (χ4n) is 1.41. The third-order valence-electron chi connectivity index (χ3n) is 2.18. The molecule has 5 heteroatoms. The first-order chi connectivity index (χ1) is 8.12. The van der Waals surface area contributed by atoms with E-state index < -0.39 is 5.97 Å². The first kappa shape index (κ1) is 13.5. The van der Waals surface area contributed by atoms with Crippen LogP contribution in [-0.4, -0.2) is 26.0 Å². The van der Waals surface area contributed by atoms with Crippen molar-refractivity contribution in [2.75, 3.05) is 13.7 Å². The number of rotatable bonds is 5. The standard InChI is InChI=1S/C12H13ClO4/c1-3-17-12(15)5-8-4-9(16-2)6-11(13)10(8)7-14/h4,6-7H,3,5H2,1-2H3. The minimum atomic E-state index is -0.403. The summed E-state index contributed by atoms with van der Waals surface area (Å²) in [6, 6.07) is 3.13. The molecule has 1 aromatic carbocycles. The second-order valence-electron chi connectivity index (χ2n) is 3.28. The lowest BCUT2D eigenvalue weighted by atomic mass is 10.0. The number of halogens is 1. The van der Waals surface area contributed by atoms with Gasteiger partial charge in [0, 0.05) is 5.56 Å². The maximum atomic E-state index is 11.4. The van der Waals surface area contributed by atoms with Gasteiger partial charge in [0.25, 0.3) is 0 Å². The molecule has 0 saturated carbocycles. The Balaban J connectivity index is 3.06. The Hall–Kier alpha value is -1.55. The van der Waals surface area contributed by atoms with E-state index >= 15 is 0 Å². The molecule has 0 atom stereocenters. The Kier molecular flexibility index (Phi) is 4.97. The summed E-state index contributed by atoms with van der Waals surface area (Å²) in [4.78, 5) is 22.3. The maximum Gasteiger partial charge on any atom is 0.310 e. The molecule has 0 heterocycles. The molecule has 0 fully saturated rings. The van der Waals surface area contributed by atoms with E-state index in [1.807, 2.05) is 0 Å². The number of carbonyl (C=O) groups excluding carboxylic acids is 2. The van der Waals surface area contributed by atoms with Gasteiger partial charge < -0.3 is 9.47 Å². The number of benzene rings is 1. The van der Waals surface area contributed by atoms with Gasteiger partial charge in [-0.1, -0.05) is 11.6 Å². The van der Waals surface area contributed by atoms with Gasteiger partial charge in [0.15, 0.2) is 6.29 Å². The second-order valence-corrected chi connectivity index (χ2v) is 3.69. The van der Waals surface area contributed by atoms with Gasteiger partial charge in [0.05, 0.1) is 25.2 Å². The summed E-state index contributed by atoms with van der Waals surface area (Å²) in [6.07, 6.45) is 0.620. The maximum absolute atomic E-state index is 11.4. The van der Waals surface area contributed by atoms with E-state index in [1.165, 1.54) is 13.2 Å². The molecule has 0 spiro atoms. The third kappa shape index (κ3) is 3.46. The molecule has 0 aliphatic carbocycles. The highest BCUT2D eigenvalue weighted by molar-refractivity contribution is 6.33. The molecule has 0 saturated heterocycles. The summed E-state index contributed by atoms with van der Waals surface area (Å²) in [5, 5.41) is 0.263. The Bertz CT molecular complexity index is 429. The monoisotopic (exact) mass is 256 g/mol. The van der Waals surface area contributed by atoms with Crippen LogP contribution in [0.3, 0.4) is 0 Å². The second kappa shape index (κ2) is 6.25. The van der Waals surface area contributed by atoms with Crippen molar-refractivity contribution in [3.8, 4) is 5.75 Å². The number of ether oxygens (including phenoxy) is 2. The lowest BCUT2D eigenvalue weighted by Gasteiger charge is -2.09. The Morgan fingerprint density at radius 2 is 2.18 bits per heavy atom. The minimum Gasteiger partial charge on any atom is -0.497 e. The van der Waals surface area contributed by atoms with Crippen LogP contribution >= 0.6 is 11.6 Å². The van der Waals surface area contributed by atoms with E-state index in [2.05, 4.69) is 0 Å². The first-order valence-corrected chi connectivity index (χ1v) is 5.47. The molecule has 0 aliphatic rings. The van der Waals surface area contributed by atoms with Crippen molar-refractivity contribution in [1.29, 1.82) is 0 Å². The number of methoxy groups -OCH3 is 1. The van der Waals surface area contributed by atoms with E-state index in [9.17, 15) is 9.59 Å². The van der Waals surface area contributed by atoms with E-state index in [0.717, 1.165) is 0 Å². The van der Waals surface area contributed by atoms with Crippen molar-refractivity contribution in [1.82, 2.24) is 0 Å². The lowest BCUT2D eigenvalue weighted by molar-refractivity contribution is -0.142. The van der Waals surface area contributed by atoms with Crippen LogP contribution < -0.4 is 4.74 Å². The van der Waals surface area contributed by atoms with Crippen LogP contribution in [0.15, 0.2) is 12.1 Å². The van der Waals surface area contributed by atoms with Crippen LogP contribution in [-0.2, 0) is 16.0 Å². The number of hydrogen-bond acceptors (Lipinski definition) is 4. The summed E-state index contributed by atoms with van der Waals surface area (Å²) in [7, 11) is 1.49. The molecule has 92 valence electrons. The molecule has 0 N–H and O–H groups in total. The third-order valence-corrected chi connectivity index (χ3v) is 2.50. The van der Waals surface area contributed by atoms with Crippen molar-refractivity contribution in [2.45, 2.75) is 13.3 Å². The first-order valence-electron chi connectivity index (χ1n) is 5.09. The predicted molar refractivity (Wildman–Crippen MR) is 63.7 cm³/mol. The summed E-state index contributed by atoms with van der Waals surface area (Å²) in [6.45, 7) is 2.02. The van der Waals surface area contributed by atoms with Crippen molar-refractivity contribution in [2.24, 2.45) is 0 Å². The molecule has 17 heavy (non-hydrogen) atoms. The Morgan fingerprint density at radius 3 is 2.71 bits per heavy atom. The topological polar surface area (TPSA) is 52.6 Å². The van der Waals surface area contributed by atoms with Gasteiger partial charge in [-0.3, -0.25) is 9.59 Å². The average Bonchev–Trinajstić information content (AvgIpc) is 2.28. The highest BCUT2D eigenvalue weighted by Gasteiger charge is 2.13. The molecular weight excluding hydrogens is 244 g/mol. The summed E-state index contributed by atoms with van der Waals surface area (Å²) in [5.41, 5.74) is 0.795. The zero-order valence-corrected chi connectivity index (χ0v) is 10.4. The number of esters is 1. The summed E-state index contributed by atoms with van der Waals surface area (Å²) >= 11 is 5.91. The quantitative estimate of drug-likeness (QED) is 0.599. The summed E-state index contributed by atoms with van der Waals surface area (Å²) in [5.74, 6) is 0.0971. The molecule has 1 rings (SSSR count). The highest BCUT2D eigenvalue weighted by atomic mass is 35.5. The van der Waals surface area contributed by atoms with Crippen LogP contribution in [0.4, 0.5) is 0 Å². The normalized spacial score (nSPS) is 9.82. The summed E-state index contributed by atoms with van der Waals surface area (Å²) < 4.78 is 9.84. The van der Waals surface area contributed by atoms with E-state index in [0.29, 0.717) is 29.8 Å². The van der Waals surface area contributed by atoms with Gasteiger partial charge in [0.2, 0.25) is 0 Å². The van der Waals surface area contributed by atoms with Crippen LogP contribution in [0, 0.1) is 0 Å². The van der Waals surface area contributed by atoms with E-state index in [4.69, 9.17) is 21.1 Å². The van der Waals surface area contributed by atoms with Crippen LogP contribution in [0.1, 0.15) is 22.8 Å². The average molecular weight is 257 g/mol. The largest absolute Gasteiger partial charge is 0.497 e. The highest BCUT2D eigenvalue weighted by Crippen LogP contribution is 2.26. The number of aldehydes is 1. The number of hydrogen-bond donors (Lipinski definition) is 0. The fraction of sp³-hybridized carbons (Fsp3) is 0.333. The van der Waals surface area contributed by atoms with E-state index in [-0.39, 0.29) is 11.4 Å². The smallest absolute Gasteiger partial charge is 0.310 e. The van der Waals surface area contributed by atoms with Crippen molar-refractivity contribution in [3.63, 3.8) is 0 Å². The van der Waals surface area contributed by atoms with Crippen LogP contribution in [0.25, 0.3) is 0 Å². The fourth-order valence-corrected chi connectivity index (χ4v) is 1.68. The van der Waals surface area contributed by atoms with Gasteiger partial charge in [-0.2, -0.15) is 0 Å². The molecule has 1 aromatic rings. The Labute approximate surface area is 104 Å². The van der Waals surface area contributed by atoms with Crippen molar-refractivity contribution >= 4 is 23.9 Å². The SMILES string of the molecule is CCOC(=O)Cc1cc(OC)cc(Cl)c1C=O. The van der Waals surface area contributed by atoms with Crippen LogP contribution in [0.5, 0.6) is 5.75 Å². The molecule has 0 bridgehead atoms. The van der Waals surface area contributed by atoms with Gasteiger partial charge >= 0.3 is 5.97 Å². The van der Waals surface area contributed by atoms with Gasteiger partial charge in [-0.05, 0) is 24.6 Å². The molecule has 4 nitrogen and oxygen atoms in total. The lowest BCUT2D eigenvalue weighted by Crippen LogP contribution is -2.09. The van der Waals surface area contributed by atoms with Crippen molar-refractivity contribution in [3.05, 3.63) is 28.3 Å². The van der Waals surface area contributed by atoms with Crippen molar-refractivity contribution < 1.29 is 19.1 Å². The van der Waals surface area contributed by atoms with Gasteiger partial charge in [0.1, 0.15) is 5.75 Å². The zero-order chi connectivity index (χ0) is 12.8. The molecular formula is C12H13ClO4. The van der Waals surface area contributed by atoms with Crippen LogP contribution in [0.2, 0.25) is 5.02 Å². The predicted octanol–water partition coefficient (Wildman–Crippen LogP) is 2.27. The number of carbonyl (C=O) groups is 2. The molecule has 0 aromatic heterocycles. The van der Waals surface area contributed by atoms with Gasteiger partial charge in [-0.25, -0.2) is 0 Å². The molecule has 0 radical (unpaired) electrons. The zero-order valence-electron chi connectivity index (χ0n) is 9.66. The minimum absolute atomic E-state index is 0.00116. The molecule has 0 aliphatic heterocycles. The van der Waals surface area contributed by atoms with Gasteiger partial charge in [-0.15, -0.1) is 0 Å². The van der Waals surface area contributed by atoms with E-state index in [1.54, 1.807) is 13.0 Å². The molecule has 0 amide bonds. The Morgan fingerprint density at radius 1 is 1.47 bits per heavy atom.